The van der Waals surface area contributed by atoms with E-state index in [1.807, 2.05) is 4.72 Å². The third-order valence-corrected chi connectivity index (χ3v) is 7.97. The highest BCUT2D eigenvalue weighted by Gasteiger charge is 2.21. The van der Waals surface area contributed by atoms with Crippen LogP contribution in [0.5, 0.6) is 0 Å². The lowest BCUT2D eigenvalue weighted by Crippen LogP contribution is -2.34. The molecule has 170 valence electrons. The normalized spacial score (nSPS) is 11.4. The molecule has 0 bridgehead atoms. The van der Waals surface area contributed by atoms with Crippen LogP contribution < -0.4 is 20.9 Å². The number of urea groups is 1. The minimum absolute atomic E-state index is 0.0713. The zero-order valence-corrected chi connectivity index (χ0v) is 19.2. The molecular weight excluding hydrogens is 467 g/mol. The van der Waals surface area contributed by atoms with Gasteiger partial charge in [-0.3, -0.25) is 9.36 Å². The lowest BCUT2D eigenvalue weighted by molar-refractivity contribution is 0.256. The number of anilines is 2. The average molecular weight is 487 g/mol. The molecule has 0 aliphatic rings. The van der Waals surface area contributed by atoms with Gasteiger partial charge in [0.05, 0.1) is 11.1 Å². The number of carbonyl (C=O) groups is 1. The van der Waals surface area contributed by atoms with Crippen molar-refractivity contribution in [3.05, 3.63) is 81.8 Å². The van der Waals surface area contributed by atoms with Crippen molar-refractivity contribution in [1.82, 2.24) is 9.29 Å². The number of rotatable bonds is 5. The van der Waals surface area contributed by atoms with Gasteiger partial charge in [0.2, 0.25) is 0 Å². The maximum atomic E-state index is 14.1. The minimum atomic E-state index is -3.98. The summed E-state index contributed by atoms with van der Waals surface area (Å²) in [7, 11) is -2.38. The molecule has 0 aliphatic carbocycles. The van der Waals surface area contributed by atoms with Crippen LogP contribution in [0.1, 0.15) is 5.56 Å². The Morgan fingerprint density at radius 3 is 2.45 bits per heavy atom. The highest BCUT2D eigenvalue weighted by atomic mass is 32.2. The van der Waals surface area contributed by atoms with Gasteiger partial charge in [0.15, 0.2) is 0 Å². The Bertz CT molecular complexity index is 1530. The molecule has 8 nitrogen and oxygen atoms in total. The summed E-state index contributed by atoms with van der Waals surface area (Å²) >= 11 is 1.02. The summed E-state index contributed by atoms with van der Waals surface area (Å²) in [5.74, 6) is -0.530. The van der Waals surface area contributed by atoms with E-state index in [1.54, 1.807) is 55.9 Å². The number of amides is 2. The monoisotopic (exact) mass is 486 g/mol. The summed E-state index contributed by atoms with van der Waals surface area (Å²) in [6.45, 7) is 1.64. The van der Waals surface area contributed by atoms with Crippen molar-refractivity contribution in [2.24, 2.45) is 0 Å². The van der Waals surface area contributed by atoms with Crippen LogP contribution in [0.15, 0.2) is 69.1 Å². The molecule has 0 radical (unpaired) electrons. The Kier molecular flexibility index (Phi) is 5.91. The fraction of sp³-hybridized carbons (Fsp3) is 0.0909. The molecule has 2 amide bonds. The van der Waals surface area contributed by atoms with E-state index >= 15 is 0 Å². The summed E-state index contributed by atoms with van der Waals surface area (Å²) in [5, 5.41) is 7.64. The van der Waals surface area contributed by atoms with Crippen molar-refractivity contribution >= 4 is 49.5 Å². The van der Waals surface area contributed by atoms with E-state index < -0.39 is 27.4 Å². The second kappa shape index (κ2) is 8.68. The Morgan fingerprint density at radius 1 is 1.09 bits per heavy atom. The number of sulfonamides is 1. The number of hydrogen-bond acceptors (Lipinski definition) is 6. The number of fused-ring (bicyclic) bond motifs is 1. The zero-order chi connectivity index (χ0) is 23.8. The molecule has 0 atom stereocenters. The van der Waals surface area contributed by atoms with E-state index in [4.69, 9.17) is 0 Å². The predicted molar refractivity (Wildman–Crippen MR) is 127 cm³/mol. The molecule has 4 rings (SSSR count). The first-order chi connectivity index (χ1) is 15.7. The van der Waals surface area contributed by atoms with Crippen LogP contribution in [0.2, 0.25) is 0 Å². The number of nitrogens with one attached hydrogen (secondary N) is 3. The quantitative estimate of drug-likeness (QED) is 0.394. The number of carbonyl (C=O) groups excluding carboxylic acids is 1. The number of benzene rings is 2. The second-order valence-electron chi connectivity index (χ2n) is 7.16. The number of halogens is 1. The van der Waals surface area contributed by atoms with Gasteiger partial charge in [0.1, 0.15) is 10.0 Å². The van der Waals surface area contributed by atoms with Crippen LogP contribution in [-0.2, 0) is 10.0 Å². The fourth-order valence-electron chi connectivity index (χ4n) is 3.32. The lowest BCUT2D eigenvalue weighted by Gasteiger charge is -2.11. The number of nitrogens with zero attached hydrogens (tertiary/aromatic N) is 1. The molecule has 0 spiro atoms. The number of aryl methyl sites for hydroxylation is 1. The molecule has 0 aliphatic heterocycles. The minimum Gasteiger partial charge on any atom is -0.386 e. The Balaban J connectivity index is 1.54. The molecule has 2 aromatic heterocycles. The van der Waals surface area contributed by atoms with Crippen LogP contribution in [0, 0.1) is 12.7 Å². The molecule has 0 fully saturated rings. The van der Waals surface area contributed by atoms with E-state index in [2.05, 4.69) is 10.6 Å². The largest absolute Gasteiger partial charge is 0.386 e. The van der Waals surface area contributed by atoms with Gasteiger partial charge < -0.3 is 10.6 Å². The van der Waals surface area contributed by atoms with Crippen molar-refractivity contribution in [3.8, 4) is 5.69 Å². The molecule has 11 heteroatoms. The van der Waals surface area contributed by atoms with Gasteiger partial charge in [-0.25, -0.2) is 22.3 Å². The van der Waals surface area contributed by atoms with Crippen LogP contribution in [0.4, 0.5) is 20.6 Å². The molecule has 33 heavy (non-hydrogen) atoms. The highest BCUT2D eigenvalue weighted by Crippen LogP contribution is 2.23. The van der Waals surface area contributed by atoms with E-state index in [9.17, 15) is 22.4 Å². The van der Waals surface area contributed by atoms with Gasteiger partial charge >= 0.3 is 6.03 Å². The van der Waals surface area contributed by atoms with E-state index in [1.165, 1.54) is 22.8 Å². The summed E-state index contributed by atoms with van der Waals surface area (Å²) in [6, 6.07) is 11.4. The van der Waals surface area contributed by atoms with Crippen molar-refractivity contribution in [3.63, 3.8) is 0 Å². The second-order valence-corrected chi connectivity index (χ2v) is 9.95. The van der Waals surface area contributed by atoms with Gasteiger partial charge in [-0.15, -0.1) is 11.3 Å². The van der Waals surface area contributed by atoms with Gasteiger partial charge in [-0.1, -0.05) is 0 Å². The molecular formula is C22H19FN4O4S2. The number of pyridine rings is 1. The average Bonchev–Trinajstić information content (AvgIpc) is 3.21. The van der Waals surface area contributed by atoms with E-state index in [0.29, 0.717) is 28.0 Å². The summed E-state index contributed by atoms with van der Waals surface area (Å²) in [4.78, 5) is 25.1. The molecule has 2 aromatic carbocycles. The molecule has 4 aromatic rings. The molecule has 2 heterocycles. The first kappa shape index (κ1) is 22.5. The zero-order valence-electron chi connectivity index (χ0n) is 17.5. The van der Waals surface area contributed by atoms with Crippen molar-refractivity contribution in [2.75, 3.05) is 17.7 Å². The van der Waals surface area contributed by atoms with Gasteiger partial charge in [-0.2, -0.15) is 0 Å². The standard InChI is InChI=1S/C22H19FN4O4S2/c1-13-8-10-32-21(13)33(30,31)26-22(29)25-15-3-5-16(6-4-15)27-9-7-14-11-19(24-2)18(23)12-17(14)20(27)28/h3-12,24H,1-2H3,(H2,25,26,29). The Morgan fingerprint density at radius 2 is 1.82 bits per heavy atom. The van der Waals surface area contributed by atoms with Crippen molar-refractivity contribution in [1.29, 1.82) is 0 Å². The van der Waals surface area contributed by atoms with Gasteiger partial charge in [-0.05, 0) is 71.8 Å². The first-order valence-electron chi connectivity index (χ1n) is 9.70. The van der Waals surface area contributed by atoms with Gasteiger partial charge in [0.25, 0.3) is 15.6 Å². The SMILES string of the molecule is CNc1cc2ccn(-c3ccc(NC(=O)NS(=O)(=O)c4sccc4C)cc3)c(=O)c2cc1F. The fourth-order valence-corrected chi connectivity index (χ4v) is 5.65. The third kappa shape index (κ3) is 4.45. The predicted octanol–water partition coefficient (Wildman–Crippen LogP) is 4.05. The van der Waals surface area contributed by atoms with E-state index in [0.717, 1.165) is 11.3 Å². The number of aromatic nitrogens is 1. The van der Waals surface area contributed by atoms with Crippen LogP contribution >= 0.6 is 11.3 Å². The summed E-state index contributed by atoms with van der Waals surface area (Å²) in [6.07, 6.45) is 1.58. The van der Waals surface area contributed by atoms with Crippen molar-refractivity contribution in [2.45, 2.75) is 11.1 Å². The molecule has 3 N–H and O–H groups in total. The third-order valence-electron chi connectivity index (χ3n) is 4.95. The van der Waals surface area contributed by atoms with E-state index in [-0.39, 0.29) is 9.60 Å². The highest BCUT2D eigenvalue weighted by molar-refractivity contribution is 7.92. The van der Waals surface area contributed by atoms with Gasteiger partial charge in [0, 0.05) is 24.6 Å². The summed E-state index contributed by atoms with van der Waals surface area (Å²) < 4.78 is 42.2. The van der Waals surface area contributed by atoms with Crippen LogP contribution in [-0.4, -0.2) is 26.1 Å². The van der Waals surface area contributed by atoms with Crippen molar-refractivity contribution < 1.29 is 17.6 Å². The molecule has 0 saturated heterocycles. The summed E-state index contributed by atoms with van der Waals surface area (Å²) in [5.41, 5.74) is 1.27. The topological polar surface area (TPSA) is 109 Å². The number of thiophene rings is 1. The Hall–Kier alpha value is -3.70. The lowest BCUT2D eigenvalue weighted by atomic mass is 10.1. The smallest absolute Gasteiger partial charge is 0.333 e. The number of hydrogen-bond donors (Lipinski definition) is 3. The Labute approximate surface area is 192 Å². The first-order valence-corrected chi connectivity index (χ1v) is 12.1. The maximum Gasteiger partial charge on any atom is 0.333 e. The maximum absolute atomic E-state index is 14.1. The van der Waals surface area contributed by atoms with Crippen LogP contribution in [0.25, 0.3) is 16.5 Å². The molecule has 0 unspecified atom stereocenters. The van der Waals surface area contributed by atoms with Crippen LogP contribution in [0.3, 0.4) is 0 Å². The molecule has 0 saturated carbocycles.